The maximum atomic E-state index is 12.0. The average Bonchev–Trinajstić information content (AvgIpc) is 3.68. The van der Waals surface area contributed by atoms with Crippen molar-refractivity contribution in [2.45, 2.75) is 82.8 Å². The van der Waals surface area contributed by atoms with E-state index in [2.05, 4.69) is 54.7 Å². The summed E-state index contributed by atoms with van der Waals surface area (Å²) < 4.78 is 13.4. The second-order valence-electron chi connectivity index (χ2n) is 13.5. The van der Waals surface area contributed by atoms with Gasteiger partial charge in [-0.2, -0.15) is 4.98 Å². The number of terminal acetylenes is 1. The third kappa shape index (κ3) is 5.46. The molecule has 4 fully saturated rings. The number of piperidine rings is 1. The fourth-order valence-corrected chi connectivity index (χ4v) is 8.13. The van der Waals surface area contributed by atoms with E-state index in [0.717, 1.165) is 68.9 Å². The molecule has 1 aromatic carbocycles. The molecule has 240 valence electrons. The number of hydrogen-bond acceptors (Lipinski definition) is 9. The predicted octanol–water partition coefficient (Wildman–Crippen LogP) is 5.35. The van der Waals surface area contributed by atoms with E-state index in [1.54, 1.807) is 0 Å². The number of hydrogen-bond donors (Lipinski definition) is 1. The fraction of sp³-hybridized carbons (Fsp3) is 0.571. The van der Waals surface area contributed by atoms with Crippen molar-refractivity contribution >= 4 is 22.9 Å². The van der Waals surface area contributed by atoms with Crippen molar-refractivity contribution < 1.29 is 9.26 Å². The highest BCUT2D eigenvalue weighted by Gasteiger charge is 2.38. The van der Waals surface area contributed by atoms with Gasteiger partial charge in [-0.1, -0.05) is 41.9 Å². The van der Waals surface area contributed by atoms with E-state index in [9.17, 15) is 4.79 Å². The quantitative estimate of drug-likeness (QED) is 0.272. The number of aromatic amines is 1. The zero-order valence-corrected chi connectivity index (χ0v) is 26.3. The first-order valence-corrected chi connectivity index (χ1v) is 17.1. The number of benzene rings is 1. The topological polar surface area (TPSA) is 118 Å². The summed E-state index contributed by atoms with van der Waals surface area (Å²) in [6.45, 7) is 3.67. The molecule has 5 heterocycles. The molecule has 2 saturated carbocycles. The molecule has 2 saturated heterocycles. The molecule has 4 aromatic rings. The number of morpholine rings is 1. The second-order valence-corrected chi connectivity index (χ2v) is 13.5. The van der Waals surface area contributed by atoms with Gasteiger partial charge in [-0.3, -0.25) is 9.51 Å². The van der Waals surface area contributed by atoms with Crippen molar-refractivity contribution in [3.8, 4) is 24.0 Å². The Balaban J connectivity index is 1.31. The van der Waals surface area contributed by atoms with Gasteiger partial charge in [-0.05, 0) is 75.2 Å². The summed E-state index contributed by atoms with van der Waals surface area (Å²) in [6, 6.07) is 11.0. The molecule has 11 nitrogen and oxygen atoms in total. The molecule has 0 radical (unpaired) electrons. The number of nitrogens with zero attached hydrogens (tertiary/aromatic N) is 7. The Bertz CT molecular complexity index is 1760. The molecule has 0 spiro atoms. The maximum absolute atomic E-state index is 12.0. The van der Waals surface area contributed by atoms with Gasteiger partial charge in [0.2, 0.25) is 17.6 Å². The van der Waals surface area contributed by atoms with Crippen LogP contribution in [0.2, 0.25) is 0 Å². The number of H-pyrrole nitrogens is 1. The number of imidazole rings is 1. The molecule has 0 bridgehead atoms. The van der Waals surface area contributed by atoms with Crippen LogP contribution in [0.5, 0.6) is 0 Å². The molecular weight excluding hydrogens is 580 g/mol. The molecule has 46 heavy (non-hydrogen) atoms. The van der Waals surface area contributed by atoms with E-state index in [1.165, 1.54) is 31.2 Å². The van der Waals surface area contributed by atoms with Gasteiger partial charge in [-0.25, -0.2) is 14.8 Å². The molecule has 2 aliphatic heterocycles. The van der Waals surface area contributed by atoms with E-state index >= 15 is 0 Å². The van der Waals surface area contributed by atoms with E-state index in [1.807, 2.05) is 6.07 Å². The summed E-state index contributed by atoms with van der Waals surface area (Å²) in [7, 11) is 0. The lowest BCUT2D eigenvalue weighted by molar-refractivity contribution is 0.0927. The van der Waals surface area contributed by atoms with Gasteiger partial charge in [0, 0.05) is 31.6 Å². The van der Waals surface area contributed by atoms with Crippen LogP contribution in [0.4, 0.5) is 11.8 Å². The predicted molar refractivity (Wildman–Crippen MR) is 175 cm³/mol. The van der Waals surface area contributed by atoms with Crippen LogP contribution in [0.1, 0.15) is 75.8 Å². The van der Waals surface area contributed by atoms with Gasteiger partial charge < -0.3 is 19.1 Å². The van der Waals surface area contributed by atoms with E-state index in [0.29, 0.717) is 55.0 Å². The van der Waals surface area contributed by atoms with Crippen LogP contribution >= 0.6 is 0 Å². The molecule has 4 aliphatic rings. The maximum Gasteiger partial charge on any atom is 0.439 e. The second kappa shape index (κ2) is 12.6. The summed E-state index contributed by atoms with van der Waals surface area (Å²) in [5.74, 6) is 6.21. The zero-order chi connectivity index (χ0) is 31.0. The minimum Gasteiger partial charge on any atom is -0.377 e. The molecular formula is C35H42N8O3. The molecule has 11 heteroatoms. The summed E-state index contributed by atoms with van der Waals surface area (Å²) in [6.07, 6.45) is 17.4. The van der Waals surface area contributed by atoms with Gasteiger partial charge >= 0.3 is 5.76 Å². The third-order valence-corrected chi connectivity index (χ3v) is 10.8. The Morgan fingerprint density at radius 1 is 0.935 bits per heavy atom. The van der Waals surface area contributed by atoms with Crippen molar-refractivity contribution in [1.29, 1.82) is 0 Å². The minimum absolute atomic E-state index is 0.0168. The van der Waals surface area contributed by atoms with Crippen molar-refractivity contribution in [2.75, 3.05) is 36.1 Å². The van der Waals surface area contributed by atoms with Crippen molar-refractivity contribution in [3.63, 3.8) is 0 Å². The summed E-state index contributed by atoms with van der Waals surface area (Å²) in [4.78, 5) is 35.1. The van der Waals surface area contributed by atoms with Gasteiger partial charge in [0.1, 0.15) is 5.52 Å². The van der Waals surface area contributed by atoms with Crippen molar-refractivity contribution in [2.24, 2.45) is 17.8 Å². The molecule has 0 amide bonds. The number of anilines is 2. The largest absolute Gasteiger partial charge is 0.439 e. The highest BCUT2D eigenvalue weighted by molar-refractivity contribution is 5.88. The van der Waals surface area contributed by atoms with Crippen LogP contribution in [-0.2, 0) is 11.3 Å². The van der Waals surface area contributed by atoms with Crippen LogP contribution in [0, 0.1) is 30.1 Å². The Morgan fingerprint density at radius 3 is 2.52 bits per heavy atom. The van der Waals surface area contributed by atoms with Gasteiger partial charge in [0.25, 0.3) is 0 Å². The number of rotatable bonds is 7. The number of fused-ring (bicyclic) bond motifs is 1. The Hall–Kier alpha value is -4.17. The fourth-order valence-electron chi connectivity index (χ4n) is 8.13. The highest BCUT2D eigenvalue weighted by Crippen LogP contribution is 2.42. The molecule has 1 N–H and O–H groups in total. The lowest BCUT2D eigenvalue weighted by atomic mass is 9.76. The van der Waals surface area contributed by atoms with Crippen LogP contribution < -0.4 is 15.6 Å². The summed E-state index contributed by atoms with van der Waals surface area (Å²) in [5.41, 5.74) is 2.78. The number of aromatic nitrogens is 6. The SMILES string of the molecule is C#CC1CCC(Cn2c(N3CCOCC3c3ccccc3)nc3nc(-c4noc(=O)[nH]4)nc(N4CCCCC4C4CCC4)c32)CC1. The zero-order valence-electron chi connectivity index (χ0n) is 26.3. The third-order valence-electron chi connectivity index (χ3n) is 10.8. The van der Waals surface area contributed by atoms with Crippen molar-refractivity contribution in [1.82, 2.24) is 29.7 Å². The molecule has 2 atom stereocenters. The van der Waals surface area contributed by atoms with Gasteiger partial charge in [-0.15, -0.1) is 12.3 Å². The van der Waals surface area contributed by atoms with E-state index in [4.69, 9.17) is 30.6 Å². The summed E-state index contributed by atoms with van der Waals surface area (Å²) >= 11 is 0. The average molecular weight is 623 g/mol. The van der Waals surface area contributed by atoms with Crippen molar-refractivity contribution in [3.05, 3.63) is 46.4 Å². The first-order chi connectivity index (χ1) is 22.7. The van der Waals surface area contributed by atoms with Gasteiger partial charge in [0.05, 0.1) is 19.3 Å². The molecule has 2 aliphatic carbocycles. The Kier molecular flexibility index (Phi) is 7.98. The lowest BCUT2D eigenvalue weighted by Crippen LogP contribution is -2.47. The lowest BCUT2D eigenvalue weighted by Gasteiger charge is -2.45. The molecule has 8 rings (SSSR count). The Morgan fingerprint density at radius 2 is 1.78 bits per heavy atom. The number of nitrogens with one attached hydrogen (secondary N) is 1. The normalized spacial score (nSPS) is 25.8. The monoisotopic (exact) mass is 622 g/mol. The molecule has 3 aromatic heterocycles. The van der Waals surface area contributed by atoms with Crippen LogP contribution in [-0.4, -0.2) is 62.0 Å². The minimum atomic E-state index is -0.627. The summed E-state index contributed by atoms with van der Waals surface area (Å²) in [5, 5.41) is 3.98. The van der Waals surface area contributed by atoms with Crippen LogP contribution in [0.3, 0.4) is 0 Å². The highest BCUT2D eigenvalue weighted by atomic mass is 16.5. The van der Waals surface area contributed by atoms with E-state index < -0.39 is 5.76 Å². The first kappa shape index (κ1) is 29.2. The van der Waals surface area contributed by atoms with Crippen LogP contribution in [0.15, 0.2) is 39.6 Å². The Labute approximate surface area is 268 Å². The first-order valence-electron chi connectivity index (χ1n) is 17.1. The standard InChI is InChI=1S/C35H42N8O3/c1-2-23-14-16-24(17-15-23)21-43-29-30(38-34(43)42-19-20-45-22-28(42)26-9-4-3-5-10-26)36-31(32-39-35(44)46-40-32)37-33(29)41-18-7-6-13-27(41)25-11-8-12-25/h1,3-5,9-10,23-25,27-28H,6-8,11-22H2,(H,39,40,44). The molecule has 2 unspecified atom stereocenters. The number of ether oxygens (including phenoxy) is 1. The smallest absolute Gasteiger partial charge is 0.377 e. The van der Waals surface area contributed by atoms with E-state index in [-0.39, 0.29) is 11.9 Å². The van der Waals surface area contributed by atoms with Crippen LogP contribution in [0.25, 0.3) is 22.8 Å². The van der Waals surface area contributed by atoms with Gasteiger partial charge in [0.15, 0.2) is 11.5 Å².